The summed E-state index contributed by atoms with van der Waals surface area (Å²) in [7, 11) is 0. The van der Waals surface area contributed by atoms with E-state index in [-0.39, 0.29) is 17.7 Å². The summed E-state index contributed by atoms with van der Waals surface area (Å²) in [6, 6.07) is 21.7. The summed E-state index contributed by atoms with van der Waals surface area (Å²) in [5.41, 5.74) is 3.89. The van der Waals surface area contributed by atoms with Crippen molar-refractivity contribution in [1.82, 2.24) is 0 Å². The van der Waals surface area contributed by atoms with Gasteiger partial charge >= 0.3 is 0 Å². The van der Waals surface area contributed by atoms with Gasteiger partial charge in [-0.1, -0.05) is 54.1 Å². The van der Waals surface area contributed by atoms with E-state index in [0.29, 0.717) is 22.8 Å². The Kier molecular flexibility index (Phi) is 4.65. The van der Waals surface area contributed by atoms with E-state index < -0.39 is 0 Å². The SMILES string of the molecule is O=C1Nc2ccc(Cl)cc2C(c2ccccc2)N=C1Cc1ccc(O)cc1. The monoisotopic (exact) mass is 376 g/mol. The number of fused-ring (bicyclic) bond motifs is 1. The van der Waals surface area contributed by atoms with Crippen molar-refractivity contribution in [3.63, 3.8) is 0 Å². The number of rotatable bonds is 3. The van der Waals surface area contributed by atoms with Crippen LogP contribution in [0.1, 0.15) is 22.7 Å². The van der Waals surface area contributed by atoms with Crippen LogP contribution in [0, 0.1) is 0 Å². The van der Waals surface area contributed by atoms with Gasteiger partial charge in [-0.2, -0.15) is 0 Å². The van der Waals surface area contributed by atoms with E-state index in [4.69, 9.17) is 16.6 Å². The fourth-order valence-electron chi connectivity index (χ4n) is 3.17. The third kappa shape index (κ3) is 3.71. The standard InChI is InChI=1S/C22H17ClN2O2/c23-16-8-11-19-18(13-16)21(15-4-2-1-3-5-15)24-20(22(27)25-19)12-14-6-9-17(26)10-7-14/h1-11,13,21,26H,12H2,(H,25,27). The Bertz CT molecular complexity index is 1010. The van der Waals surface area contributed by atoms with E-state index in [9.17, 15) is 9.90 Å². The van der Waals surface area contributed by atoms with Gasteiger partial charge in [-0.15, -0.1) is 0 Å². The molecule has 0 spiro atoms. The van der Waals surface area contributed by atoms with Crippen LogP contribution in [-0.2, 0) is 11.2 Å². The lowest BCUT2D eigenvalue weighted by Gasteiger charge is -2.15. The Morgan fingerprint density at radius 2 is 1.74 bits per heavy atom. The zero-order chi connectivity index (χ0) is 18.8. The van der Waals surface area contributed by atoms with Crippen LogP contribution in [0.5, 0.6) is 5.75 Å². The van der Waals surface area contributed by atoms with Crippen molar-refractivity contribution in [2.45, 2.75) is 12.5 Å². The van der Waals surface area contributed by atoms with Crippen molar-refractivity contribution in [3.05, 3.63) is 94.5 Å². The van der Waals surface area contributed by atoms with E-state index in [2.05, 4.69) is 5.32 Å². The van der Waals surface area contributed by atoms with Gasteiger partial charge in [0.2, 0.25) is 0 Å². The largest absolute Gasteiger partial charge is 0.508 e. The Balaban J connectivity index is 1.80. The van der Waals surface area contributed by atoms with Crippen LogP contribution in [0.2, 0.25) is 5.02 Å². The van der Waals surface area contributed by atoms with E-state index in [1.807, 2.05) is 42.5 Å². The molecule has 4 rings (SSSR count). The van der Waals surface area contributed by atoms with Crippen molar-refractivity contribution in [2.75, 3.05) is 5.32 Å². The highest BCUT2D eigenvalue weighted by Crippen LogP contribution is 2.35. The number of nitrogens with zero attached hydrogens (tertiary/aromatic N) is 1. The van der Waals surface area contributed by atoms with E-state index in [1.54, 1.807) is 30.3 Å². The number of aromatic hydroxyl groups is 1. The normalized spacial score (nSPS) is 16.1. The molecule has 1 atom stereocenters. The first-order chi connectivity index (χ1) is 13.1. The fraction of sp³-hybridized carbons (Fsp3) is 0.0909. The molecule has 4 nitrogen and oxygen atoms in total. The molecule has 1 unspecified atom stereocenters. The average Bonchev–Trinajstić information content (AvgIpc) is 2.81. The molecular formula is C22H17ClN2O2. The predicted molar refractivity (Wildman–Crippen MR) is 108 cm³/mol. The highest BCUT2D eigenvalue weighted by Gasteiger charge is 2.25. The lowest BCUT2D eigenvalue weighted by Crippen LogP contribution is -2.23. The molecule has 1 aliphatic heterocycles. The summed E-state index contributed by atoms with van der Waals surface area (Å²) < 4.78 is 0. The lowest BCUT2D eigenvalue weighted by atomic mass is 9.97. The molecule has 1 amide bonds. The lowest BCUT2D eigenvalue weighted by molar-refractivity contribution is -0.110. The van der Waals surface area contributed by atoms with Crippen LogP contribution in [0.4, 0.5) is 5.69 Å². The van der Waals surface area contributed by atoms with Crippen molar-refractivity contribution < 1.29 is 9.90 Å². The van der Waals surface area contributed by atoms with Gasteiger partial charge in [-0.05, 0) is 41.5 Å². The first kappa shape index (κ1) is 17.3. The second-order valence-electron chi connectivity index (χ2n) is 6.42. The minimum Gasteiger partial charge on any atom is -0.508 e. The third-order valence-corrected chi connectivity index (χ3v) is 4.76. The molecule has 5 heteroatoms. The summed E-state index contributed by atoms with van der Waals surface area (Å²) in [4.78, 5) is 17.6. The Morgan fingerprint density at radius 3 is 2.48 bits per heavy atom. The summed E-state index contributed by atoms with van der Waals surface area (Å²) in [6.07, 6.45) is 0.372. The van der Waals surface area contributed by atoms with Gasteiger partial charge in [0.25, 0.3) is 5.91 Å². The average molecular weight is 377 g/mol. The van der Waals surface area contributed by atoms with E-state index >= 15 is 0 Å². The fourth-order valence-corrected chi connectivity index (χ4v) is 3.36. The van der Waals surface area contributed by atoms with Crippen molar-refractivity contribution in [3.8, 4) is 5.75 Å². The minimum absolute atomic E-state index is 0.190. The number of hydrogen-bond donors (Lipinski definition) is 2. The van der Waals surface area contributed by atoms with Gasteiger partial charge in [0.15, 0.2) is 0 Å². The maximum Gasteiger partial charge on any atom is 0.269 e. The van der Waals surface area contributed by atoms with Crippen LogP contribution in [0.25, 0.3) is 0 Å². The highest BCUT2D eigenvalue weighted by molar-refractivity contribution is 6.44. The zero-order valence-corrected chi connectivity index (χ0v) is 15.1. The molecular weight excluding hydrogens is 360 g/mol. The maximum atomic E-state index is 12.8. The molecule has 0 saturated carbocycles. The summed E-state index contributed by atoms with van der Waals surface area (Å²) in [6.45, 7) is 0. The number of amides is 1. The van der Waals surface area contributed by atoms with Crippen LogP contribution in [0.15, 0.2) is 77.8 Å². The van der Waals surface area contributed by atoms with Gasteiger partial charge < -0.3 is 10.4 Å². The van der Waals surface area contributed by atoms with E-state index in [0.717, 1.165) is 16.7 Å². The first-order valence-electron chi connectivity index (χ1n) is 8.60. The molecule has 1 heterocycles. The Labute approximate surface area is 162 Å². The molecule has 0 bridgehead atoms. The Hall–Kier alpha value is -3.11. The summed E-state index contributed by atoms with van der Waals surface area (Å²) in [5, 5.41) is 13.0. The molecule has 0 radical (unpaired) electrons. The number of carbonyl (C=O) groups is 1. The second kappa shape index (κ2) is 7.25. The molecule has 0 saturated heterocycles. The molecule has 0 fully saturated rings. The minimum atomic E-state index is -0.328. The second-order valence-corrected chi connectivity index (χ2v) is 6.85. The molecule has 1 aliphatic rings. The highest BCUT2D eigenvalue weighted by atomic mass is 35.5. The number of phenolic OH excluding ortho intramolecular Hbond substituents is 1. The zero-order valence-electron chi connectivity index (χ0n) is 14.4. The number of anilines is 1. The smallest absolute Gasteiger partial charge is 0.269 e. The van der Waals surface area contributed by atoms with Gasteiger partial charge in [-0.25, -0.2) is 0 Å². The summed E-state index contributed by atoms with van der Waals surface area (Å²) in [5.74, 6) is -0.0414. The van der Waals surface area contributed by atoms with Crippen LogP contribution >= 0.6 is 11.6 Å². The van der Waals surface area contributed by atoms with Gasteiger partial charge in [0, 0.05) is 22.7 Å². The molecule has 2 N–H and O–H groups in total. The van der Waals surface area contributed by atoms with Crippen LogP contribution < -0.4 is 5.32 Å². The first-order valence-corrected chi connectivity index (χ1v) is 8.98. The molecule has 134 valence electrons. The summed E-state index contributed by atoms with van der Waals surface area (Å²) >= 11 is 6.22. The maximum absolute atomic E-state index is 12.8. The van der Waals surface area contributed by atoms with Crippen molar-refractivity contribution >= 4 is 28.9 Å². The number of hydrogen-bond acceptors (Lipinski definition) is 3. The number of phenols is 1. The number of halogens is 1. The molecule has 0 aromatic heterocycles. The molecule has 3 aromatic carbocycles. The van der Waals surface area contributed by atoms with Crippen LogP contribution in [0.3, 0.4) is 0 Å². The van der Waals surface area contributed by atoms with Gasteiger partial charge in [0.1, 0.15) is 17.5 Å². The quantitative estimate of drug-likeness (QED) is 0.691. The van der Waals surface area contributed by atoms with Gasteiger partial charge in [-0.3, -0.25) is 9.79 Å². The predicted octanol–water partition coefficient (Wildman–Crippen LogP) is 4.77. The van der Waals surface area contributed by atoms with Gasteiger partial charge in [0.05, 0.1) is 0 Å². The van der Waals surface area contributed by atoms with E-state index in [1.165, 1.54) is 0 Å². The number of benzene rings is 3. The molecule has 3 aromatic rings. The Morgan fingerprint density at radius 1 is 1.00 bits per heavy atom. The molecule has 27 heavy (non-hydrogen) atoms. The third-order valence-electron chi connectivity index (χ3n) is 4.53. The topological polar surface area (TPSA) is 61.7 Å². The van der Waals surface area contributed by atoms with Crippen molar-refractivity contribution in [2.24, 2.45) is 4.99 Å². The molecule has 0 aliphatic carbocycles. The van der Waals surface area contributed by atoms with Crippen LogP contribution in [-0.4, -0.2) is 16.7 Å². The number of nitrogens with one attached hydrogen (secondary N) is 1. The number of carbonyl (C=O) groups excluding carboxylic acids is 1. The van der Waals surface area contributed by atoms with Crippen molar-refractivity contribution in [1.29, 1.82) is 0 Å². The number of aliphatic imine (C=N–C) groups is 1.